The van der Waals surface area contributed by atoms with Gasteiger partial charge in [0.25, 0.3) is 0 Å². The van der Waals surface area contributed by atoms with E-state index in [0.717, 1.165) is 5.56 Å². The molecule has 0 amide bonds. The number of rotatable bonds is 8. The number of carbonyl (C=O) groups is 1. The average molecular weight is 267 g/mol. The van der Waals surface area contributed by atoms with Crippen LogP contribution in [0.1, 0.15) is 12.5 Å². The van der Waals surface area contributed by atoms with Crippen molar-refractivity contribution < 1.29 is 19.7 Å². The van der Waals surface area contributed by atoms with Crippen LogP contribution in [-0.2, 0) is 16.1 Å². The van der Waals surface area contributed by atoms with Gasteiger partial charge >= 0.3 is 5.97 Å². The van der Waals surface area contributed by atoms with Gasteiger partial charge in [0.2, 0.25) is 0 Å². The van der Waals surface area contributed by atoms with Crippen molar-refractivity contribution >= 4 is 5.97 Å². The lowest BCUT2D eigenvalue weighted by molar-refractivity contribution is -0.144. The predicted octanol–water partition coefficient (Wildman–Crippen LogP) is 0.969. The number of aliphatic hydroxyl groups excluding tert-OH is 1. The Bertz CT molecular complexity index is 382. The van der Waals surface area contributed by atoms with Crippen LogP contribution in [0.25, 0.3) is 0 Å². The summed E-state index contributed by atoms with van der Waals surface area (Å²) in [6, 6.07) is 8.90. The van der Waals surface area contributed by atoms with Crippen molar-refractivity contribution in [3.05, 3.63) is 35.9 Å². The van der Waals surface area contributed by atoms with Crippen LogP contribution >= 0.6 is 0 Å². The maximum absolute atomic E-state index is 10.9. The monoisotopic (exact) mass is 267 g/mol. The van der Waals surface area contributed by atoms with Crippen molar-refractivity contribution in [2.45, 2.75) is 25.7 Å². The first-order valence-electron chi connectivity index (χ1n) is 6.24. The Morgan fingerprint density at radius 3 is 2.53 bits per heavy atom. The summed E-state index contributed by atoms with van der Waals surface area (Å²) in [7, 11) is 1.66. The third kappa shape index (κ3) is 5.38. The predicted molar refractivity (Wildman–Crippen MR) is 71.8 cm³/mol. The summed E-state index contributed by atoms with van der Waals surface area (Å²) in [5.41, 5.74) is 1.08. The second kappa shape index (κ2) is 7.89. The third-order valence-electron chi connectivity index (χ3n) is 2.91. The van der Waals surface area contributed by atoms with E-state index in [0.29, 0.717) is 13.2 Å². The number of carboxylic acid groups (broad SMARTS) is 1. The van der Waals surface area contributed by atoms with E-state index >= 15 is 0 Å². The van der Waals surface area contributed by atoms with E-state index in [9.17, 15) is 4.79 Å². The number of carboxylic acids is 1. The highest BCUT2D eigenvalue weighted by atomic mass is 16.5. The summed E-state index contributed by atoms with van der Waals surface area (Å²) < 4.78 is 5.66. The summed E-state index contributed by atoms with van der Waals surface area (Å²) >= 11 is 0. The molecule has 0 spiro atoms. The summed E-state index contributed by atoms with van der Waals surface area (Å²) in [5, 5.41) is 17.9. The van der Waals surface area contributed by atoms with Gasteiger partial charge in [0, 0.05) is 6.54 Å². The highest BCUT2D eigenvalue weighted by Gasteiger charge is 2.22. The minimum absolute atomic E-state index is 0.112. The van der Waals surface area contributed by atoms with E-state index < -0.39 is 18.6 Å². The SMILES string of the molecule is C[C@@H](CN(C)[C@@H](CO)C(=O)O)OCc1ccccc1. The molecule has 2 N–H and O–H groups in total. The Labute approximate surface area is 113 Å². The lowest BCUT2D eigenvalue weighted by Crippen LogP contribution is -2.44. The van der Waals surface area contributed by atoms with Gasteiger partial charge in [-0.1, -0.05) is 30.3 Å². The van der Waals surface area contributed by atoms with Crippen LogP contribution in [0.3, 0.4) is 0 Å². The number of nitrogens with zero attached hydrogens (tertiary/aromatic N) is 1. The van der Waals surface area contributed by atoms with E-state index in [4.69, 9.17) is 14.9 Å². The van der Waals surface area contributed by atoms with Crippen LogP contribution in [-0.4, -0.2) is 53.4 Å². The Kier molecular flexibility index (Phi) is 6.49. The van der Waals surface area contributed by atoms with Gasteiger partial charge in [-0.25, -0.2) is 0 Å². The Morgan fingerprint density at radius 2 is 2.00 bits per heavy atom. The number of aliphatic hydroxyl groups is 1. The number of likely N-dealkylation sites (N-methyl/N-ethyl adjacent to an activating group) is 1. The molecule has 0 bridgehead atoms. The average Bonchev–Trinajstić information content (AvgIpc) is 2.38. The smallest absolute Gasteiger partial charge is 0.323 e. The normalized spacial score (nSPS) is 14.3. The molecule has 0 saturated heterocycles. The highest BCUT2D eigenvalue weighted by molar-refractivity contribution is 5.73. The van der Waals surface area contributed by atoms with E-state index in [2.05, 4.69) is 0 Å². The van der Waals surface area contributed by atoms with Gasteiger partial charge in [-0.15, -0.1) is 0 Å². The molecule has 1 aromatic rings. The fraction of sp³-hybridized carbons (Fsp3) is 0.500. The number of benzene rings is 1. The molecular formula is C14H21NO4. The molecule has 0 aliphatic heterocycles. The standard InChI is InChI=1S/C14H21NO4/c1-11(8-15(2)13(9-16)14(17)18)19-10-12-6-4-3-5-7-12/h3-7,11,13,16H,8-10H2,1-2H3,(H,17,18)/t11-,13-/m0/s1. The first-order chi connectivity index (χ1) is 9.04. The zero-order valence-electron chi connectivity index (χ0n) is 11.3. The molecular weight excluding hydrogens is 246 g/mol. The summed E-state index contributed by atoms with van der Waals surface area (Å²) in [6.07, 6.45) is -0.112. The van der Waals surface area contributed by atoms with Gasteiger partial charge in [-0.05, 0) is 19.5 Å². The molecule has 0 saturated carbocycles. The second-order valence-electron chi connectivity index (χ2n) is 4.58. The van der Waals surface area contributed by atoms with Crippen LogP contribution in [0.2, 0.25) is 0 Å². The van der Waals surface area contributed by atoms with Crippen molar-refractivity contribution in [1.82, 2.24) is 4.90 Å². The minimum atomic E-state index is -1.03. The fourth-order valence-electron chi connectivity index (χ4n) is 1.80. The number of ether oxygens (including phenoxy) is 1. The molecule has 0 aliphatic carbocycles. The third-order valence-corrected chi connectivity index (χ3v) is 2.91. The van der Waals surface area contributed by atoms with Crippen LogP contribution in [0.15, 0.2) is 30.3 Å². The molecule has 19 heavy (non-hydrogen) atoms. The molecule has 5 nitrogen and oxygen atoms in total. The Morgan fingerprint density at radius 1 is 1.37 bits per heavy atom. The summed E-state index contributed by atoms with van der Waals surface area (Å²) in [5.74, 6) is -1.03. The van der Waals surface area contributed by atoms with Crippen LogP contribution < -0.4 is 0 Å². The van der Waals surface area contributed by atoms with Gasteiger partial charge in [-0.3, -0.25) is 9.69 Å². The van der Waals surface area contributed by atoms with E-state index in [1.807, 2.05) is 37.3 Å². The molecule has 1 rings (SSSR count). The van der Waals surface area contributed by atoms with E-state index in [1.54, 1.807) is 11.9 Å². The van der Waals surface area contributed by atoms with Gasteiger partial charge in [0.05, 0.1) is 19.3 Å². The van der Waals surface area contributed by atoms with Crippen molar-refractivity contribution in [1.29, 1.82) is 0 Å². The molecule has 0 heterocycles. The lowest BCUT2D eigenvalue weighted by atomic mass is 10.2. The molecule has 0 unspecified atom stereocenters. The minimum Gasteiger partial charge on any atom is -0.480 e. The highest BCUT2D eigenvalue weighted by Crippen LogP contribution is 2.05. The van der Waals surface area contributed by atoms with Crippen molar-refractivity contribution in [2.24, 2.45) is 0 Å². The zero-order chi connectivity index (χ0) is 14.3. The van der Waals surface area contributed by atoms with Crippen LogP contribution in [0, 0.1) is 0 Å². The van der Waals surface area contributed by atoms with Gasteiger partial charge in [0.1, 0.15) is 6.04 Å². The van der Waals surface area contributed by atoms with Gasteiger partial charge in [-0.2, -0.15) is 0 Å². The van der Waals surface area contributed by atoms with Crippen molar-refractivity contribution in [2.75, 3.05) is 20.2 Å². The topological polar surface area (TPSA) is 70.0 Å². The Hall–Kier alpha value is -1.43. The first-order valence-corrected chi connectivity index (χ1v) is 6.24. The number of aliphatic carboxylic acids is 1. The molecule has 106 valence electrons. The quantitative estimate of drug-likeness (QED) is 0.734. The number of hydrogen-bond acceptors (Lipinski definition) is 4. The van der Waals surface area contributed by atoms with Crippen LogP contribution in [0.5, 0.6) is 0 Å². The summed E-state index contributed by atoms with van der Waals surface area (Å²) in [6.45, 7) is 2.42. The molecule has 0 radical (unpaired) electrons. The molecule has 5 heteroatoms. The van der Waals surface area contributed by atoms with Gasteiger partial charge in [0.15, 0.2) is 0 Å². The number of hydrogen-bond donors (Lipinski definition) is 2. The maximum Gasteiger partial charge on any atom is 0.323 e. The van der Waals surface area contributed by atoms with Gasteiger partial charge < -0.3 is 14.9 Å². The first kappa shape index (κ1) is 15.6. The molecule has 1 aromatic carbocycles. The maximum atomic E-state index is 10.9. The molecule has 2 atom stereocenters. The summed E-state index contributed by atoms with van der Waals surface area (Å²) in [4.78, 5) is 12.5. The van der Waals surface area contributed by atoms with Crippen molar-refractivity contribution in [3.63, 3.8) is 0 Å². The van der Waals surface area contributed by atoms with Crippen LogP contribution in [0.4, 0.5) is 0 Å². The van der Waals surface area contributed by atoms with E-state index in [1.165, 1.54) is 0 Å². The second-order valence-corrected chi connectivity index (χ2v) is 4.58. The lowest BCUT2D eigenvalue weighted by Gasteiger charge is -2.26. The molecule has 0 aliphatic rings. The molecule has 0 fully saturated rings. The zero-order valence-corrected chi connectivity index (χ0v) is 11.3. The largest absolute Gasteiger partial charge is 0.480 e. The van der Waals surface area contributed by atoms with Crippen molar-refractivity contribution in [3.8, 4) is 0 Å². The Balaban J connectivity index is 2.38. The fourth-order valence-corrected chi connectivity index (χ4v) is 1.80. The molecule has 0 aromatic heterocycles. The van der Waals surface area contributed by atoms with E-state index in [-0.39, 0.29) is 6.10 Å².